The summed E-state index contributed by atoms with van der Waals surface area (Å²) in [5.74, 6) is -0.400. The SMILES string of the molecule is Cc1ccc(NS(=O)(=O)c2ccc(C(C)(C)C)cc2)c(C(=O)c2ccnc(C#N)c2)c1. The van der Waals surface area contributed by atoms with Gasteiger partial charge in [0.15, 0.2) is 5.78 Å². The first-order valence-corrected chi connectivity index (χ1v) is 11.1. The zero-order valence-electron chi connectivity index (χ0n) is 17.8. The number of pyridine rings is 1. The molecule has 2 aromatic carbocycles. The van der Waals surface area contributed by atoms with E-state index in [2.05, 4.69) is 30.5 Å². The van der Waals surface area contributed by atoms with E-state index in [4.69, 9.17) is 5.26 Å². The molecule has 3 rings (SSSR count). The van der Waals surface area contributed by atoms with Gasteiger partial charge in [-0.15, -0.1) is 0 Å². The number of carbonyl (C=O) groups is 1. The highest BCUT2D eigenvalue weighted by Gasteiger charge is 2.21. The summed E-state index contributed by atoms with van der Waals surface area (Å²) in [6, 6.07) is 16.4. The molecule has 0 spiro atoms. The molecule has 0 aliphatic carbocycles. The predicted octanol–water partition coefficient (Wildman–Crippen LogP) is 4.59. The lowest BCUT2D eigenvalue weighted by molar-refractivity contribution is 0.103. The summed E-state index contributed by atoms with van der Waals surface area (Å²) in [5, 5.41) is 9.05. The van der Waals surface area contributed by atoms with Gasteiger partial charge in [-0.2, -0.15) is 5.26 Å². The lowest BCUT2D eigenvalue weighted by Gasteiger charge is -2.19. The number of ketones is 1. The van der Waals surface area contributed by atoms with Gasteiger partial charge < -0.3 is 0 Å². The fraction of sp³-hybridized carbons (Fsp3) is 0.208. The monoisotopic (exact) mass is 433 g/mol. The Morgan fingerprint density at radius 1 is 1.03 bits per heavy atom. The molecule has 1 aromatic heterocycles. The van der Waals surface area contributed by atoms with Crippen molar-refractivity contribution in [2.75, 3.05) is 4.72 Å². The topological polar surface area (TPSA) is 99.9 Å². The third-order valence-electron chi connectivity index (χ3n) is 4.83. The number of sulfonamides is 1. The molecular weight excluding hydrogens is 410 g/mol. The molecule has 0 aliphatic rings. The van der Waals surface area contributed by atoms with E-state index in [1.165, 1.54) is 18.3 Å². The highest BCUT2D eigenvalue weighted by Crippen LogP contribution is 2.27. The summed E-state index contributed by atoms with van der Waals surface area (Å²) in [7, 11) is -3.91. The number of nitrogens with zero attached hydrogens (tertiary/aromatic N) is 2. The third kappa shape index (κ3) is 4.98. The number of anilines is 1. The van der Waals surface area contributed by atoms with Crippen molar-refractivity contribution in [2.45, 2.75) is 38.0 Å². The van der Waals surface area contributed by atoms with Crippen LogP contribution in [0.3, 0.4) is 0 Å². The average molecular weight is 434 g/mol. The van der Waals surface area contributed by atoms with Gasteiger partial charge in [-0.3, -0.25) is 9.52 Å². The van der Waals surface area contributed by atoms with Crippen LogP contribution < -0.4 is 4.72 Å². The molecule has 31 heavy (non-hydrogen) atoms. The fourth-order valence-electron chi connectivity index (χ4n) is 3.06. The normalized spacial score (nSPS) is 11.6. The van der Waals surface area contributed by atoms with E-state index < -0.39 is 15.8 Å². The second kappa shape index (κ2) is 8.32. The summed E-state index contributed by atoms with van der Waals surface area (Å²) in [5.41, 5.74) is 2.46. The van der Waals surface area contributed by atoms with Gasteiger partial charge in [-0.05, 0) is 54.3 Å². The fourth-order valence-corrected chi connectivity index (χ4v) is 4.14. The van der Waals surface area contributed by atoms with Crippen LogP contribution in [0.15, 0.2) is 65.7 Å². The average Bonchev–Trinajstić information content (AvgIpc) is 2.74. The summed E-state index contributed by atoms with van der Waals surface area (Å²) < 4.78 is 28.5. The summed E-state index contributed by atoms with van der Waals surface area (Å²) in [6.07, 6.45) is 1.38. The second-order valence-electron chi connectivity index (χ2n) is 8.30. The Bertz CT molecular complexity index is 1280. The van der Waals surface area contributed by atoms with E-state index in [1.54, 1.807) is 42.5 Å². The molecule has 0 bridgehead atoms. The Kier molecular flexibility index (Phi) is 5.96. The van der Waals surface area contributed by atoms with Gasteiger partial charge in [-0.1, -0.05) is 44.5 Å². The maximum Gasteiger partial charge on any atom is 0.261 e. The van der Waals surface area contributed by atoms with Crippen LogP contribution in [-0.2, 0) is 15.4 Å². The Morgan fingerprint density at radius 3 is 2.32 bits per heavy atom. The van der Waals surface area contributed by atoms with E-state index in [-0.39, 0.29) is 32.8 Å². The van der Waals surface area contributed by atoms with E-state index in [0.717, 1.165) is 11.1 Å². The molecule has 1 heterocycles. The van der Waals surface area contributed by atoms with Crippen molar-refractivity contribution in [1.29, 1.82) is 5.26 Å². The molecule has 0 atom stereocenters. The van der Waals surface area contributed by atoms with Crippen molar-refractivity contribution in [2.24, 2.45) is 0 Å². The molecule has 0 saturated carbocycles. The molecule has 0 unspecified atom stereocenters. The zero-order chi connectivity index (χ0) is 22.8. The van der Waals surface area contributed by atoms with Crippen molar-refractivity contribution in [1.82, 2.24) is 4.98 Å². The number of rotatable bonds is 5. The third-order valence-corrected chi connectivity index (χ3v) is 6.21. The number of aryl methyl sites for hydroxylation is 1. The van der Waals surface area contributed by atoms with Crippen LogP contribution in [-0.4, -0.2) is 19.2 Å². The summed E-state index contributed by atoms with van der Waals surface area (Å²) >= 11 is 0. The molecular formula is C24H23N3O3S. The van der Waals surface area contributed by atoms with Crippen LogP contribution in [0.4, 0.5) is 5.69 Å². The highest BCUT2D eigenvalue weighted by molar-refractivity contribution is 7.92. The minimum atomic E-state index is -3.91. The Hall–Kier alpha value is -3.50. The zero-order valence-corrected chi connectivity index (χ0v) is 18.6. The van der Waals surface area contributed by atoms with E-state index in [0.29, 0.717) is 0 Å². The minimum absolute atomic E-state index is 0.0981. The van der Waals surface area contributed by atoms with Crippen LogP contribution in [0.25, 0.3) is 0 Å². The van der Waals surface area contributed by atoms with Crippen molar-refractivity contribution < 1.29 is 13.2 Å². The van der Waals surface area contributed by atoms with Crippen molar-refractivity contribution in [3.8, 4) is 6.07 Å². The van der Waals surface area contributed by atoms with Crippen molar-refractivity contribution in [3.63, 3.8) is 0 Å². The van der Waals surface area contributed by atoms with Crippen LogP contribution in [0.1, 0.15) is 53.5 Å². The first-order valence-electron chi connectivity index (χ1n) is 9.66. The standard InChI is InChI=1S/C24H23N3O3S/c1-16-5-10-22(21(13-16)23(28)17-11-12-26-19(14-17)15-25)27-31(29,30)20-8-6-18(7-9-20)24(2,3)4/h5-14,27H,1-4H3. The minimum Gasteiger partial charge on any atom is -0.289 e. The van der Waals surface area contributed by atoms with Gasteiger partial charge in [0.2, 0.25) is 0 Å². The largest absolute Gasteiger partial charge is 0.289 e. The molecule has 0 saturated heterocycles. The lowest BCUT2D eigenvalue weighted by atomic mass is 9.87. The van der Waals surface area contributed by atoms with Gasteiger partial charge >= 0.3 is 0 Å². The van der Waals surface area contributed by atoms with Crippen LogP contribution in [0.2, 0.25) is 0 Å². The molecule has 0 fully saturated rings. The van der Waals surface area contributed by atoms with E-state index >= 15 is 0 Å². The number of benzene rings is 2. The predicted molar refractivity (Wildman–Crippen MR) is 120 cm³/mol. The number of nitriles is 1. The van der Waals surface area contributed by atoms with Crippen molar-refractivity contribution in [3.05, 3.63) is 88.7 Å². The number of carbonyl (C=O) groups excluding carboxylic acids is 1. The molecule has 3 aromatic rings. The smallest absolute Gasteiger partial charge is 0.261 e. The number of aromatic nitrogens is 1. The molecule has 1 N–H and O–H groups in total. The first kappa shape index (κ1) is 22.2. The second-order valence-corrected chi connectivity index (χ2v) is 9.98. The van der Waals surface area contributed by atoms with Crippen LogP contribution in [0.5, 0.6) is 0 Å². The molecule has 7 heteroatoms. The quantitative estimate of drug-likeness (QED) is 0.593. The van der Waals surface area contributed by atoms with Gasteiger partial charge in [0.25, 0.3) is 10.0 Å². The van der Waals surface area contributed by atoms with E-state index in [1.807, 2.05) is 13.0 Å². The maximum absolute atomic E-state index is 13.1. The molecule has 6 nitrogen and oxygen atoms in total. The van der Waals surface area contributed by atoms with Gasteiger partial charge in [0.05, 0.1) is 10.6 Å². The molecule has 0 radical (unpaired) electrons. The molecule has 0 amide bonds. The number of nitrogens with one attached hydrogen (secondary N) is 1. The maximum atomic E-state index is 13.1. The summed E-state index contributed by atoms with van der Waals surface area (Å²) in [6.45, 7) is 7.97. The van der Waals surface area contributed by atoms with E-state index in [9.17, 15) is 13.2 Å². The number of hydrogen-bond donors (Lipinski definition) is 1. The molecule has 0 aliphatic heterocycles. The lowest BCUT2D eigenvalue weighted by Crippen LogP contribution is -2.17. The first-order chi connectivity index (χ1) is 14.5. The van der Waals surface area contributed by atoms with Crippen LogP contribution in [0, 0.1) is 18.3 Å². The highest BCUT2D eigenvalue weighted by atomic mass is 32.2. The molecule has 158 valence electrons. The van der Waals surface area contributed by atoms with Crippen LogP contribution >= 0.6 is 0 Å². The Morgan fingerprint density at radius 2 is 1.71 bits per heavy atom. The van der Waals surface area contributed by atoms with Gasteiger partial charge in [-0.25, -0.2) is 13.4 Å². The van der Waals surface area contributed by atoms with Gasteiger partial charge in [0, 0.05) is 17.3 Å². The Labute approximate surface area is 182 Å². The van der Waals surface area contributed by atoms with Crippen molar-refractivity contribution >= 4 is 21.5 Å². The Balaban J connectivity index is 1.98. The number of hydrogen-bond acceptors (Lipinski definition) is 5. The van der Waals surface area contributed by atoms with Gasteiger partial charge in [0.1, 0.15) is 11.8 Å². The summed E-state index contributed by atoms with van der Waals surface area (Å²) in [4.78, 5) is 17.1.